The quantitative estimate of drug-likeness (QED) is 0.390. The number of rotatable bonds is 7. The highest BCUT2D eigenvalue weighted by Crippen LogP contribution is 2.04. The Morgan fingerprint density at radius 1 is 0.833 bits per heavy atom. The van der Waals surface area contributed by atoms with Gasteiger partial charge in [0.2, 0.25) is 0 Å². The fraction of sp³-hybridized carbons (Fsp3) is 0.615. The van der Waals surface area contributed by atoms with Crippen LogP contribution in [0.15, 0.2) is 30.6 Å². The van der Waals surface area contributed by atoms with Gasteiger partial charge in [-0.25, -0.2) is 4.57 Å². The van der Waals surface area contributed by atoms with Crippen molar-refractivity contribution in [3.05, 3.63) is 30.6 Å². The zero-order chi connectivity index (χ0) is 13.6. The largest absolute Gasteiger partial charge is 0.631 e. The van der Waals surface area contributed by atoms with Crippen LogP contribution >= 0.6 is 0 Å². The first-order valence-electron chi connectivity index (χ1n) is 6.65. The van der Waals surface area contributed by atoms with Crippen LogP contribution in [0.2, 0.25) is 0 Å². The summed E-state index contributed by atoms with van der Waals surface area (Å²) in [6.45, 7) is 3.44. The Kier molecular flexibility index (Phi) is 11.9. The molecule has 1 heterocycles. The Bertz CT molecular complexity index is 267. The molecule has 0 spiro atoms. The minimum atomic E-state index is -2.17. The lowest BCUT2D eigenvalue weighted by atomic mass is 10.1. The van der Waals surface area contributed by atoms with E-state index in [0.29, 0.717) is 0 Å². The van der Waals surface area contributed by atoms with Crippen LogP contribution in [0.3, 0.4) is 0 Å². The van der Waals surface area contributed by atoms with Crippen molar-refractivity contribution < 1.29 is 19.6 Å². The van der Waals surface area contributed by atoms with Gasteiger partial charge in [-0.3, -0.25) is 0 Å². The molecular formula is C13H25BNO3+. The molecule has 102 valence electrons. The Hall–Kier alpha value is -0.905. The summed E-state index contributed by atoms with van der Waals surface area (Å²) in [7, 11) is -2.17. The Morgan fingerprint density at radius 3 is 1.89 bits per heavy atom. The van der Waals surface area contributed by atoms with Gasteiger partial charge in [0, 0.05) is 18.6 Å². The molecule has 5 heteroatoms. The summed E-state index contributed by atoms with van der Waals surface area (Å²) in [6, 6.07) is 6.26. The summed E-state index contributed by atoms with van der Waals surface area (Å²) in [6.07, 6.45) is 12.5. The van der Waals surface area contributed by atoms with Crippen LogP contribution in [0, 0.1) is 0 Å². The van der Waals surface area contributed by atoms with Crippen LogP contribution in [0.5, 0.6) is 0 Å². The molecule has 18 heavy (non-hydrogen) atoms. The molecule has 1 aromatic heterocycles. The monoisotopic (exact) mass is 254 g/mol. The first-order valence-corrected chi connectivity index (χ1v) is 6.65. The summed E-state index contributed by atoms with van der Waals surface area (Å²) in [5, 5.41) is 21.5. The maximum absolute atomic E-state index is 7.17. The number of nitrogens with zero attached hydrogens (tertiary/aromatic N) is 1. The number of aromatic nitrogens is 1. The molecular weight excluding hydrogens is 229 g/mol. The third kappa shape index (κ3) is 13.2. The summed E-state index contributed by atoms with van der Waals surface area (Å²) in [5.41, 5.74) is 0. The normalized spacial score (nSPS) is 9.56. The molecule has 0 aliphatic rings. The van der Waals surface area contributed by atoms with E-state index >= 15 is 0 Å². The predicted molar refractivity (Wildman–Crippen MR) is 72.4 cm³/mol. The average molecular weight is 254 g/mol. The standard InChI is InChI=1S/C13H22N.BH3O3/c1-2-3-4-5-6-8-11-14-12-9-7-10-13-14;2-1(3)4/h7,9-10,12-13H,2-6,8,11H2,1H3;2-4H/q+1;. The second-order valence-electron chi connectivity index (χ2n) is 4.23. The minimum Gasteiger partial charge on any atom is -0.402 e. The molecule has 1 aromatic rings. The van der Waals surface area contributed by atoms with Crippen LogP contribution in [0.25, 0.3) is 0 Å². The van der Waals surface area contributed by atoms with Crippen molar-refractivity contribution in [2.75, 3.05) is 0 Å². The lowest BCUT2D eigenvalue weighted by molar-refractivity contribution is -0.697. The molecule has 0 fully saturated rings. The van der Waals surface area contributed by atoms with Crippen molar-refractivity contribution in [2.24, 2.45) is 0 Å². The molecule has 3 N–H and O–H groups in total. The smallest absolute Gasteiger partial charge is 0.402 e. The van der Waals surface area contributed by atoms with Crippen LogP contribution in [-0.4, -0.2) is 22.4 Å². The minimum absolute atomic E-state index is 1.17. The number of unbranched alkanes of at least 4 members (excludes halogenated alkanes) is 5. The van der Waals surface area contributed by atoms with E-state index in [0.717, 1.165) is 0 Å². The van der Waals surface area contributed by atoms with Crippen molar-refractivity contribution in [1.82, 2.24) is 0 Å². The zero-order valence-corrected chi connectivity index (χ0v) is 11.2. The highest BCUT2D eigenvalue weighted by Gasteiger charge is 1.96. The van der Waals surface area contributed by atoms with Gasteiger partial charge in [-0.2, -0.15) is 0 Å². The topological polar surface area (TPSA) is 64.6 Å². The van der Waals surface area contributed by atoms with E-state index in [1.807, 2.05) is 0 Å². The number of aryl methyl sites for hydroxylation is 1. The first kappa shape index (κ1) is 17.1. The van der Waals surface area contributed by atoms with Crippen molar-refractivity contribution >= 4 is 7.32 Å². The maximum Gasteiger partial charge on any atom is 0.631 e. The van der Waals surface area contributed by atoms with Crippen LogP contribution in [0.1, 0.15) is 45.4 Å². The van der Waals surface area contributed by atoms with Gasteiger partial charge >= 0.3 is 7.32 Å². The predicted octanol–water partition coefficient (Wildman–Crippen LogP) is 1.28. The van der Waals surface area contributed by atoms with Gasteiger partial charge in [0.25, 0.3) is 0 Å². The van der Waals surface area contributed by atoms with Gasteiger partial charge in [-0.1, -0.05) is 38.7 Å². The van der Waals surface area contributed by atoms with Crippen molar-refractivity contribution in [1.29, 1.82) is 0 Å². The Balaban J connectivity index is 0.000000631. The molecule has 0 aromatic carbocycles. The van der Waals surface area contributed by atoms with Gasteiger partial charge in [0.1, 0.15) is 6.54 Å². The van der Waals surface area contributed by atoms with E-state index in [2.05, 4.69) is 42.1 Å². The van der Waals surface area contributed by atoms with Gasteiger partial charge in [0.15, 0.2) is 12.4 Å². The number of hydrogen-bond acceptors (Lipinski definition) is 3. The molecule has 4 nitrogen and oxygen atoms in total. The van der Waals surface area contributed by atoms with E-state index in [-0.39, 0.29) is 0 Å². The van der Waals surface area contributed by atoms with E-state index in [1.54, 1.807) is 0 Å². The summed E-state index contributed by atoms with van der Waals surface area (Å²) < 4.78 is 2.26. The van der Waals surface area contributed by atoms with Crippen LogP contribution < -0.4 is 4.57 Å². The maximum atomic E-state index is 7.17. The van der Waals surface area contributed by atoms with Gasteiger partial charge in [0.05, 0.1) is 0 Å². The molecule has 0 saturated heterocycles. The summed E-state index contributed by atoms with van der Waals surface area (Å²) in [4.78, 5) is 0. The lowest BCUT2D eigenvalue weighted by Gasteiger charge is -1.98. The molecule has 1 rings (SSSR count). The second kappa shape index (κ2) is 12.5. The molecule has 0 aliphatic heterocycles. The SMILES string of the molecule is CCCCCCCC[n+]1ccccc1.OB(O)O. The second-order valence-corrected chi connectivity index (χ2v) is 4.23. The fourth-order valence-electron chi connectivity index (χ4n) is 1.66. The van der Waals surface area contributed by atoms with Crippen LogP contribution in [-0.2, 0) is 6.54 Å². The van der Waals surface area contributed by atoms with E-state index in [9.17, 15) is 0 Å². The van der Waals surface area contributed by atoms with E-state index in [4.69, 9.17) is 15.1 Å². The van der Waals surface area contributed by atoms with E-state index in [1.165, 1.54) is 45.1 Å². The molecule has 0 bridgehead atoms. The van der Waals surface area contributed by atoms with Gasteiger partial charge < -0.3 is 15.1 Å². The van der Waals surface area contributed by atoms with Gasteiger partial charge in [-0.15, -0.1) is 0 Å². The first-order chi connectivity index (χ1) is 8.66. The van der Waals surface area contributed by atoms with Crippen molar-refractivity contribution in [3.63, 3.8) is 0 Å². The third-order valence-electron chi connectivity index (χ3n) is 2.55. The Labute approximate surface area is 110 Å². The number of pyridine rings is 1. The zero-order valence-electron chi connectivity index (χ0n) is 11.2. The van der Waals surface area contributed by atoms with E-state index < -0.39 is 7.32 Å². The molecule has 0 unspecified atom stereocenters. The number of hydrogen-bond donors (Lipinski definition) is 3. The van der Waals surface area contributed by atoms with Crippen molar-refractivity contribution in [2.45, 2.75) is 52.0 Å². The molecule has 0 saturated carbocycles. The molecule has 0 amide bonds. The van der Waals surface area contributed by atoms with Crippen LogP contribution in [0.4, 0.5) is 0 Å². The molecule has 0 atom stereocenters. The summed E-state index contributed by atoms with van der Waals surface area (Å²) in [5.74, 6) is 0. The lowest BCUT2D eigenvalue weighted by Crippen LogP contribution is -2.32. The average Bonchev–Trinajstić information content (AvgIpc) is 2.34. The molecule has 0 aliphatic carbocycles. The Morgan fingerprint density at radius 2 is 1.33 bits per heavy atom. The third-order valence-corrected chi connectivity index (χ3v) is 2.55. The highest BCUT2D eigenvalue weighted by atomic mass is 16.5. The van der Waals surface area contributed by atoms with Gasteiger partial charge in [-0.05, 0) is 6.42 Å². The fourth-order valence-corrected chi connectivity index (χ4v) is 1.66. The molecule has 0 radical (unpaired) electrons. The highest BCUT2D eigenvalue weighted by molar-refractivity contribution is 6.30. The van der Waals surface area contributed by atoms with Crippen molar-refractivity contribution in [3.8, 4) is 0 Å². The summed E-state index contributed by atoms with van der Waals surface area (Å²) >= 11 is 0.